The van der Waals surface area contributed by atoms with E-state index in [1.807, 2.05) is 0 Å². The van der Waals surface area contributed by atoms with Crippen LogP contribution < -0.4 is 9.88 Å². The van der Waals surface area contributed by atoms with Crippen molar-refractivity contribution >= 4 is 22.0 Å². The lowest BCUT2D eigenvalue weighted by molar-refractivity contribution is -0.635. The van der Waals surface area contributed by atoms with Gasteiger partial charge in [-0.25, -0.2) is 18.4 Å². The van der Waals surface area contributed by atoms with Crippen LogP contribution in [-0.4, -0.2) is 67.5 Å². The zero-order valence-electron chi connectivity index (χ0n) is 19.1. The molecule has 2 aromatic carbocycles. The molecule has 9 nitrogen and oxygen atoms in total. The minimum Gasteiger partial charge on any atom is -0.460 e. The van der Waals surface area contributed by atoms with Gasteiger partial charge < -0.3 is 19.5 Å². The quantitative estimate of drug-likeness (QED) is 0.455. The highest BCUT2D eigenvalue weighted by Crippen LogP contribution is 2.39. The standard InChI is InChI=1S/C23H24F3N3O6S/c24-23(25,26)35-18-5-1-16(2-6-18)13-34-21(31)28-11-9-22(10-12-28)14-29(15-22)20(30)17-3-7-19(8-4-17)36(27,32)33/h1-8H,9-15H2,(H2,27,32,33)/p+1. The molecule has 0 atom stereocenters. The number of halogens is 3. The number of likely N-dealkylation sites (tertiary alicyclic amines) is 1. The summed E-state index contributed by atoms with van der Waals surface area (Å²) in [5.74, 6) is -0.299. The molecule has 0 bridgehead atoms. The van der Waals surface area contributed by atoms with Gasteiger partial charge in [0.15, 0.2) is 13.1 Å². The normalized spacial score (nSPS) is 17.4. The lowest BCUT2D eigenvalue weighted by Gasteiger charge is -2.43. The molecular formula is C23H25F3N3O6S+. The lowest BCUT2D eigenvalue weighted by atomic mass is 9.73. The summed E-state index contributed by atoms with van der Waals surface area (Å²) >= 11 is 0. The number of rotatable bonds is 5. The van der Waals surface area contributed by atoms with Crippen molar-refractivity contribution in [2.75, 3.05) is 26.2 Å². The van der Waals surface area contributed by atoms with E-state index in [0.29, 0.717) is 37.3 Å². The molecule has 2 aromatic rings. The van der Waals surface area contributed by atoms with Crippen molar-refractivity contribution < 1.29 is 45.5 Å². The van der Waals surface area contributed by atoms with E-state index >= 15 is 0 Å². The second-order valence-corrected chi connectivity index (χ2v) is 10.5. The van der Waals surface area contributed by atoms with E-state index in [0.717, 1.165) is 25.0 Å². The Labute approximate surface area is 205 Å². The van der Waals surface area contributed by atoms with Crippen LogP contribution in [0.4, 0.5) is 18.0 Å². The van der Waals surface area contributed by atoms with Gasteiger partial charge in [-0.3, -0.25) is 0 Å². The molecule has 4 rings (SSSR count). The van der Waals surface area contributed by atoms with E-state index in [1.165, 1.54) is 36.4 Å². The molecular weight excluding hydrogens is 503 g/mol. The molecule has 2 heterocycles. The van der Waals surface area contributed by atoms with Crippen molar-refractivity contribution in [2.24, 2.45) is 10.6 Å². The molecule has 0 aliphatic carbocycles. The molecule has 0 aromatic heterocycles. The topological polar surface area (TPSA) is 122 Å². The first kappa shape index (κ1) is 25.8. The molecule has 13 heteroatoms. The number of aliphatic hydroxyl groups excluding tert-OH is 1. The van der Waals surface area contributed by atoms with Crippen LogP contribution in [-0.2, 0) is 21.4 Å². The number of aliphatic hydroxyl groups is 1. The van der Waals surface area contributed by atoms with Gasteiger partial charge in [0.2, 0.25) is 10.0 Å². The number of ether oxygens (including phenoxy) is 2. The van der Waals surface area contributed by atoms with Crippen molar-refractivity contribution in [3.8, 4) is 5.75 Å². The van der Waals surface area contributed by atoms with Crippen LogP contribution >= 0.6 is 0 Å². The smallest absolute Gasteiger partial charge is 0.460 e. The molecule has 2 saturated heterocycles. The van der Waals surface area contributed by atoms with Crippen LogP contribution in [0.5, 0.6) is 5.75 Å². The average Bonchev–Trinajstić information content (AvgIpc) is 2.80. The van der Waals surface area contributed by atoms with Crippen molar-refractivity contribution in [1.29, 1.82) is 0 Å². The number of alkyl halides is 3. The maximum atomic E-state index is 12.4. The van der Waals surface area contributed by atoms with E-state index in [4.69, 9.17) is 9.88 Å². The number of hydrogen-bond donors (Lipinski definition) is 2. The van der Waals surface area contributed by atoms with Gasteiger partial charge in [0.1, 0.15) is 12.4 Å². The molecule has 0 saturated carbocycles. The van der Waals surface area contributed by atoms with Crippen LogP contribution in [0.2, 0.25) is 0 Å². The maximum absolute atomic E-state index is 12.4. The Morgan fingerprint density at radius 2 is 1.64 bits per heavy atom. The number of piperidine rings is 1. The molecule has 0 unspecified atom stereocenters. The number of amides is 1. The fourth-order valence-corrected chi connectivity index (χ4v) is 4.91. The fourth-order valence-electron chi connectivity index (χ4n) is 4.39. The number of carbonyl (C=O) groups is 1. The van der Waals surface area contributed by atoms with E-state index in [-0.39, 0.29) is 28.6 Å². The van der Waals surface area contributed by atoms with Gasteiger partial charge in [0.25, 0.3) is 0 Å². The molecule has 2 aliphatic heterocycles. The van der Waals surface area contributed by atoms with Crippen LogP contribution in [0, 0.1) is 5.41 Å². The Balaban J connectivity index is 1.25. The lowest BCUT2D eigenvalue weighted by Crippen LogP contribution is -2.58. The number of primary sulfonamides is 1. The van der Waals surface area contributed by atoms with E-state index in [2.05, 4.69) is 4.74 Å². The first-order chi connectivity index (χ1) is 16.8. The summed E-state index contributed by atoms with van der Waals surface area (Å²) in [5, 5.41) is 15.6. The largest absolute Gasteiger partial charge is 0.573 e. The van der Waals surface area contributed by atoms with Crippen LogP contribution in [0.1, 0.15) is 24.0 Å². The Morgan fingerprint density at radius 1 is 1.06 bits per heavy atom. The first-order valence-corrected chi connectivity index (χ1v) is 12.6. The average molecular weight is 529 g/mol. The van der Waals surface area contributed by atoms with Crippen LogP contribution in [0.25, 0.3) is 0 Å². The van der Waals surface area contributed by atoms with E-state index in [9.17, 15) is 31.5 Å². The predicted molar refractivity (Wildman–Crippen MR) is 121 cm³/mol. The minimum absolute atomic E-state index is 0.0362. The zero-order valence-corrected chi connectivity index (χ0v) is 19.9. The number of sulfonamides is 1. The molecule has 0 radical (unpaired) electrons. The third-order valence-corrected chi connectivity index (χ3v) is 7.32. The summed E-state index contributed by atoms with van der Waals surface area (Å²) < 4.78 is 70.4. The Morgan fingerprint density at radius 3 is 2.17 bits per heavy atom. The molecule has 3 N–H and O–H groups in total. The molecule has 194 valence electrons. The summed E-state index contributed by atoms with van der Waals surface area (Å²) in [6, 6.07) is 10.8. The highest BCUT2D eigenvalue weighted by atomic mass is 32.2. The Hall–Kier alpha value is -3.32. The highest BCUT2D eigenvalue weighted by Gasteiger charge is 2.52. The summed E-state index contributed by atoms with van der Waals surface area (Å²) in [7, 11) is -3.81. The predicted octanol–water partition coefficient (Wildman–Crippen LogP) is 2.98. The molecule has 2 aliphatic rings. The van der Waals surface area contributed by atoms with Gasteiger partial charge >= 0.3 is 18.4 Å². The number of carbonyl (C=O) groups excluding carboxylic acids is 1. The van der Waals surface area contributed by atoms with Gasteiger partial charge in [0, 0.05) is 13.1 Å². The first-order valence-electron chi connectivity index (χ1n) is 11.0. The maximum Gasteiger partial charge on any atom is 0.573 e. The summed E-state index contributed by atoms with van der Waals surface area (Å²) in [5.41, 5.74) is 0.972. The second-order valence-electron chi connectivity index (χ2n) is 8.98. The van der Waals surface area contributed by atoms with Crippen LogP contribution in [0.15, 0.2) is 53.4 Å². The monoisotopic (exact) mass is 528 g/mol. The van der Waals surface area contributed by atoms with Gasteiger partial charge in [-0.05, 0) is 54.8 Å². The van der Waals surface area contributed by atoms with Crippen molar-refractivity contribution in [3.63, 3.8) is 0 Å². The van der Waals surface area contributed by atoms with E-state index < -0.39 is 22.5 Å². The van der Waals surface area contributed by atoms with E-state index in [1.54, 1.807) is 9.48 Å². The fraction of sp³-hybridized carbons (Fsp3) is 0.391. The van der Waals surface area contributed by atoms with Crippen molar-refractivity contribution in [1.82, 2.24) is 4.90 Å². The van der Waals surface area contributed by atoms with Crippen molar-refractivity contribution in [2.45, 2.75) is 30.7 Å². The van der Waals surface area contributed by atoms with Gasteiger partial charge in [-0.2, -0.15) is 4.58 Å². The number of nitrogens with zero attached hydrogens (tertiary/aromatic N) is 2. The van der Waals surface area contributed by atoms with Crippen molar-refractivity contribution in [3.05, 3.63) is 59.7 Å². The minimum atomic E-state index is -4.77. The SMILES string of the molecule is NS(=O)(=O)c1ccc(C(O)=[N+]2CC3(CCN(C(=O)OCc4ccc(OC(F)(F)F)cc4)CC3)C2)cc1. The van der Waals surface area contributed by atoms with Gasteiger partial charge in [-0.15, -0.1) is 13.2 Å². The van der Waals surface area contributed by atoms with Gasteiger partial charge in [0.05, 0.1) is 15.9 Å². The number of nitrogens with two attached hydrogens (primary N) is 1. The third kappa shape index (κ3) is 6.08. The number of benzene rings is 2. The Bertz CT molecular complexity index is 1240. The third-order valence-electron chi connectivity index (χ3n) is 6.39. The number of hydrogen-bond acceptors (Lipinski definition) is 5. The molecule has 36 heavy (non-hydrogen) atoms. The summed E-state index contributed by atoms with van der Waals surface area (Å²) in [6.45, 7) is 2.09. The molecule has 1 spiro atoms. The highest BCUT2D eigenvalue weighted by molar-refractivity contribution is 7.89. The second kappa shape index (κ2) is 9.62. The van der Waals surface area contributed by atoms with Gasteiger partial charge in [-0.1, -0.05) is 12.1 Å². The summed E-state index contributed by atoms with van der Waals surface area (Å²) in [4.78, 5) is 14.0. The molecule has 2 fully saturated rings. The van der Waals surface area contributed by atoms with Crippen LogP contribution in [0.3, 0.4) is 0 Å². The summed E-state index contributed by atoms with van der Waals surface area (Å²) in [6.07, 6.45) is -3.82. The molecule has 1 amide bonds. The zero-order chi connectivity index (χ0) is 26.1. The Kier molecular flexibility index (Phi) is 6.88.